The molecule has 0 aliphatic heterocycles. The van der Waals surface area contributed by atoms with Crippen LogP contribution in [0.2, 0.25) is 0 Å². The van der Waals surface area contributed by atoms with Crippen molar-refractivity contribution < 1.29 is 18.5 Å². The Morgan fingerprint density at radius 3 is 2.64 bits per heavy atom. The first-order chi connectivity index (χ1) is 12.0. The Balaban J connectivity index is 1.88. The number of nitrogens with zero attached hydrogens (tertiary/aromatic N) is 3. The maximum atomic E-state index is 14.2. The van der Waals surface area contributed by atoms with Crippen LogP contribution in [0.25, 0.3) is 5.69 Å². The number of carbonyl (C=O) groups is 1. The molecule has 1 heterocycles. The highest BCUT2D eigenvalue weighted by atomic mass is 19.1. The second-order valence-electron chi connectivity index (χ2n) is 5.01. The number of hydrogen-bond acceptors (Lipinski definition) is 4. The molecule has 0 unspecified atom stereocenters. The number of carbonyl (C=O) groups excluding carboxylic acids is 1. The van der Waals surface area contributed by atoms with Gasteiger partial charge in [-0.2, -0.15) is 0 Å². The smallest absolute Gasteiger partial charge is 0.282 e. The van der Waals surface area contributed by atoms with Crippen LogP contribution in [0.1, 0.15) is 10.4 Å². The molecule has 126 valence electrons. The van der Waals surface area contributed by atoms with Gasteiger partial charge >= 0.3 is 0 Å². The second-order valence-corrected chi connectivity index (χ2v) is 5.01. The molecule has 7 nitrogen and oxygen atoms in total. The number of hydrogen-bond donors (Lipinski definition) is 1. The molecule has 0 atom stereocenters. The molecular weight excluding hydrogens is 334 g/mol. The highest BCUT2D eigenvalue weighted by Gasteiger charge is 2.21. The SMILES string of the molecule is O=C(Nc1ccc(-n2ccnc2)c(F)c1)c1cc(F)ccc1[N+](=O)[O-]. The van der Waals surface area contributed by atoms with Crippen LogP contribution in [-0.4, -0.2) is 20.4 Å². The van der Waals surface area contributed by atoms with Gasteiger partial charge in [0.1, 0.15) is 17.2 Å². The summed E-state index contributed by atoms with van der Waals surface area (Å²) in [4.78, 5) is 26.2. The Bertz CT molecular complexity index is 958. The molecule has 1 amide bonds. The van der Waals surface area contributed by atoms with E-state index in [2.05, 4.69) is 10.3 Å². The van der Waals surface area contributed by atoms with Crippen molar-refractivity contribution in [1.82, 2.24) is 9.55 Å². The molecular formula is C16H10F2N4O3. The monoisotopic (exact) mass is 344 g/mol. The standard InChI is InChI=1S/C16H10F2N4O3/c17-10-1-3-14(22(24)25)12(7-10)16(23)20-11-2-4-15(13(18)8-11)21-6-5-19-9-21/h1-9H,(H,20,23). The van der Waals surface area contributed by atoms with Gasteiger partial charge in [0.05, 0.1) is 16.9 Å². The van der Waals surface area contributed by atoms with Crippen molar-refractivity contribution in [3.8, 4) is 5.69 Å². The van der Waals surface area contributed by atoms with Crippen LogP contribution in [-0.2, 0) is 0 Å². The van der Waals surface area contributed by atoms with E-state index in [9.17, 15) is 23.7 Å². The van der Waals surface area contributed by atoms with Crippen LogP contribution in [0.3, 0.4) is 0 Å². The highest BCUT2D eigenvalue weighted by Crippen LogP contribution is 2.23. The summed E-state index contributed by atoms with van der Waals surface area (Å²) in [5, 5.41) is 13.3. The minimum absolute atomic E-state index is 0.0740. The summed E-state index contributed by atoms with van der Waals surface area (Å²) in [6, 6.07) is 6.41. The minimum atomic E-state index is -0.916. The van der Waals surface area contributed by atoms with Crippen LogP contribution < -0.4 is 5.32 Å². The maximum absolute atomic E-state index is 14.2. The summed E-state index contributed by atoms with van der Waals surface area (Å²) in [5.41, 5.74) is -0.712. The number of amides is 1. The molecule has 3 aromatic rings. The number of nitro benzene ring substituents is 1. The first kappa shape index (κ1) is 16.2. The minimum Gasteiger partial charge on any atom is -0.322 e. The average Bonchev–Trinajstić information content (AvgIpc) is 3.08. The maximum Gasteiger partial charge on any atom is 0.282 e. The molecule has 3 rings (SSSR count). The van der Waals surface area contributed by atoms with Gasteiger partial charge in [-0.25, -0.2) is 13.8 Å². The molecule has 0 bridgehead atoms. The Kier molecular flexibility index (Phi) is 4.21. The number of aromatic nitrogens is 2. The van der Waals surface area contributed by atoms with Gasteiger partial charge in [0.25, 0.3) is 11.6 Å². The van der Waals surface area contributed by atoms with Gasteiger partial charge < -0.3 is 9.88 Å². The molecule has 0 radical (unpaired) electrons. The molecule has 0 fully saturated rings. The molecule has 1 N–H and O–H groups in total. The zero-order chi connectivity index (χ0) is 18.0. The van der Waals surface area contributed by atoms with Crippen molar-refractivity contribution in [2.75, 3.05) is 5.32 Å². The van der Waals surface area contributed by atoms with E-state index < -0.39 is 33.7 Å². The largest absolute Gasteiger partial charge is 0.322 e. The van der Waals surface area contributed by atoms with Gasteiger partial charge in [-0.05, 0) is 30.3 Å². The highest BCUT2D eigenvalue weighted by molar-refractivity contribution is 6.07. The lowest BCUT2D eigenvalue weighted by Gasteiger charge is -2.09. The lowest BCUT2D eigenvalue weighted by Crippen LogP contribution is -2.14. The van der Waals surface area contributed by atoms with Gasteiger partial charge in [-0.15, -0.1) is 0 Å². The van der Waals surface area contributed by atoms with E-state index in [-0.39, 0.29) is 11.4 Å². The molecule has 0 aliphatic rings. The molecule has 9 heteroatoms. The third-order valence-electron chi connectivity index (χ3n) is 3.39. The fourth-order valence-corrected chi connectivity index (χ4v) is 2.24. The van der Waals surface area contributed by atoms with E-state index in [4.69, 9.17) is 0 Å². The average molecular weight is 344 g/mol. The van der Waals surface area contributed by atoms with Gasteiger partial charge in [-0.1, -0.05) is 0 Å². The molecule has 0 saturated heterocycles. The predicted octanol–water partition coefficient (Wildman–Crippen LogP) is 3.31. The first-order valence-corrected chi connectivity index (χ1v) is 6.99. The quantitative estimate of drug-likeness (QED) is 0.581. The van der Waals surface area contributed by atoms with Crippen LogP contribution in [0.5, 0.6) is 0 Å². The summed E-state index contributed by atoms with van der Waals surface area (Å²) in [6.45, 7) is 0. The Labute approximate surface area is 139 Å². The lowest BCUT2D eigenvalue weighted by atomic mass is 10.1. The van der Waals surface area contributed by atoms with Crippen LogP contribution >= 0.6 is 0 Å². The second kappa shape index (κ2) is 6.48. The van der Waals surface area contributed by atoms with Crippen LogP contribution in [0.4, 0.5) is 20.2 Å². The molecule has 0 spiro atoms. The molecule has 2 aromatic carbocycles. The normalized spacial score (nSPS) is 10.5. The van der Waals surface area contributed by atoms with Crippen molar-refractivity contribution in [1.29, 1.82) is 0 Å². The van der Waals surface area contributed by atoms with Crippen molar-refractivity contribution in [3.63, 3.8) is 0 Å². The van der Waals surface area contributed by atoms with E-state index in [1.807, 2.05) is 0 Å². The van der Waals surface area contributed by atoms with Gasteiger partial charge in [0.2, 0.25) is 0 Å². The van der Waals surface area contributed by atoms with Crippen molar-refractivity contribution >= 4 is 17.3 Å². The van der Waals surface area contributed by atoms with E-state index in [0.29, 0.717) is 0 Å². The van der Waals surface area contributed by atoms with E-state index in [0.717, 1.165) is 24.3 Å². The summed E-state index contributed by atoms with van der Waals surface area (Å²) < 4.78 is 28.9. The summed E-state index contributed by atoms with van der Waals surface area (Å²) in [5.74, 6) is -2.34. The van der Waals surface area contributed by atoms with E-state index >= 15 is 0 Å². The Hall–Kier alpha value is -3.62. The lowest BCUT2D eigenvalue weighted by molar-refractivity contribution is -0.385. The van der Waals surface area contributed by atoms with Crippen LogP contribution in [0.15, 0.2) is 55.1 Å². The molecule has 1 aromatic heterocycles. The summed E-state index contributed by atoms with van der Waals surface area (Å²) in [7, 11) is 0. The Morgan fingerprint density at radius 1 is 1.20 bits per heavy atom. The third-order valence-corrected chi connectivity index (χ3v) is 3.39. The number of imidazole rings is 1. The fraction of sp³-hybridized carbons (Fsp3) is 0. The van der Waals surface area contributed by atoms with E-state index in [1.165, 1.54) is 29.2 Å². The summed E-state index contributed by atoms with van der Waals surface area (Å²) >= 11 is 0. The van der Waals surface area contributed by atoms with Gasteiger partial charge in [-0.3, -0.25) is 14.9 Å². The van der Waals surface area contributed by atoms with Gasteiger partial charge in [0.15, 0.2) is 0 Å². The van der Waals surface area contributed by atoms with E-state index in [1.54, 1.807) is 6.20 Å². The zero-order valence-electron chi connectivity index (χ0n) is 12.5. The fourth-order valence-electron chi connectivity index (χ4n) is 2.24. The first-order valence-electron chi connectivity index (χ1n) is 6.99. The predicted molar refractivity (Wildman–Crippen MR) is 84.5 cm³/mol. The van der Waals surface area contributed by atoms with Crippen molar-refractivity contribution in [2.24, 2.45) is 0 Å². The van der Waals surface area contributed by atoms with Gasteiger partial charge in [0, 0.05) is 24.1 Å². The number of benzene rings is 2. The number of nitrogens with one attached hydrogen (secondary N) is 1. The number of anilines is 1. The van der Waals surface area contributed by atoms with Crippen LogP contribution in [0, 0.1) is 21.7 Å². The molecule has 0 aliphatic carbocycles. The number of rotatable bonds is 4. The topological polar surface area (TPSA) is 90.1 Å². The number of halogens is 2. The molecule has 25 heavy (non-hydrogen) atoms. The zero-order valence-corrected chi connectivity index (χ0v) is 12.5. The molecule has 0 saturated carbocycles. The van der Waals surface area contributed by atoms with Crippen molar-refractivity contribution in [2.45, 2.75) is 0 Å². The number of nitro groups is 1. The third kappa shape index (κ3) is 3.34. The Morgan fingerprint density at radius 2 is 2.00 bits per heavy atom. The van der Waals surface area contributed by atoms with Crippen molar-refractivity contribution in [3.05, 3.63) is 82.4 Å². The summed E-state index contributed by atoms with van der Waals surface area (Å²) in [6.07, 6.45) is 4.44.